The van der Waals surface area contributed by atoms with Gasteiger partial charge in [0.1, 0.15) is 5.76 Å². The summed E-state index contributed by atoms with van der Waals surface area (Å²) >= 11 is 0. The Morgan fingerprint density at radius 3 is 2.75 bits per heavy atom. The Kier molecular flexibility index (Phi) is 6.55. The maximum atomic E-state index is 12.7. The number of ether oxygens (including phenoxy) is 1. The van der Waals surface area contributed by atoms with Crippen molar-refractivity contribution in [1.29, 1.82) is 0 Å². The molecule has 3 rings (SSSR count). The molecule has 0 aromatic carbocycles. The van der Waals surface area contributed by atoms with Crippen LogP contribution in [0.25, 0.3) is 0 Å². The summed E-state index contributed by atoms with van der Waals surface area (Å²) in [7, 11) is 0. The van der Waals surface area contributed by atoms with Gasteiger partial charge in [0.2, 0.25) is 0 Å². The Morgan fingerprint density at radius 1 is 1.25 bits per heavy atom. The average Bonchev–Trinajstić information content (AvgIpc) is 3.15. The fourth-order valence-electron chi connectivity index (χ4n) is 3.56. The molecule has 1 N–H and O–H groups in total. The third-order valence-electron chi connectivity index (χ3n) is 4.99. The minimum Gasteiger partial charge on any atom is -0.467 e. The van der Waals surface area contributed by atoms with Gasteiger partial charge in [-0.2, -0.15) is 0 Å². The highest BCUT2D eigenvalue weighted by molar-refractivity contribution is 5.74. The van der Waals surface area contributed by atoms with Crippen LogP contribution in [0, 0.1) is 0 Å². The highest BCUT2D eigenvalue weighted by Crippen LogP contribution is 2.16. The van der Waals surface area contributed by atoms with Crippen LogP contribution in [0.2, 0.25) is 0 Å². The number of piperidine rings is 1. The number of furan rings is 1. The third kappa shape index (κ3) is 4.98. The van der Waals surface area contributed by atoms with Crippen LogP contribution in [0.1, 0.15) is 37.9 Å². The molecule has 1 aromatic heterocycles. The molecule has 0 aliphatic carbocycles. The van der Waals surface area contributed by atoms with E-state index in [1.807, 2.05) is 17.0 Å². The molecule has 0 unspecified atom stereocenters. The van der Waals surface area contributed by atoms with Crippen LogP contribution in [-0.4, -0.2) is 61.3 Å². The second kappa shape index (κ2) is 9.08. The van der Waals surface area contributed by atoms with E-state index in [0.29, 0.717) is 6.54 Å². The van der Waals surface area contributed by atoms with Crippen molar-refractivity contribution in [3.05, 3.63) is 24.2 Å². The predicted octanol–water partition coefficient (Wildman–Crippen LogP) is 2.46. The van der Waals surface area contributed by atoms with E-state index < -0.39 is 0 Å². The van der Waals surface area contributed by atoms with E-state index in [9.17, 15) is 4.79 Å². The second-order valence-electron chi connectivity index (χ2n) is 6.68. The van der Waals surface area contributed by atoms with Crippen molar-refractivity contribution in [2.45, 2.75) is 44.7 Å². The minimum absolute atomic E-state index is 0.00955. The molecule has 0 bridgehead atoms. The SMILES string of the molecule is O=C(NCc1ccco1)N(CCN1CCCCC1)C1CCOCC1. The number of urea groups is 1. The molecule has 1 aromatic rings. The van der Waals surface area contributed by atoms with E-state index in [0.717, 1.165) is 58.0 Å². The Labute approximate surface area is 144 Å². The maximum absolute atomic E-state index is 12.7. The molecule has 2 fully saturated rings. The first-order valence-electron chi connectivity index (χ1n) is 9.20. The van der Waals surface area contributed by atoms with Gasteiger partial charge in [-0.15, -0.1) is 0 Å². The number of rotatable bonds is 6. The first-order chi connectivity index (χ1) is 11.8. The fraction of sp³-hybridized carbons (Fsp3) is 0.722. The minimum atomic E-state index is 0.00955. The largest absolute Gasteiger partial charge is 0.467 e. The first-order valence-corrected chi connectivity index (χ1v) is 9.20. The van der Waals surface area contributed by atoms with Crippen LogP contribution >= 0.6 is 0 Å². The molecule has 2 aliphatic rings. The molecule has 6 nitrogen and oxygen atoms in total. The van der Waals surface area contributed by atoms with Crippen molar-refractivity contribution < 1.29 is 13.9 Å². The maximum Gasteiger partial charge on any atom is 0.318 e. The third-order valence-corrected chi connectivity index (χ3v) is 4.99. The van der Waals surface area contributed by atoms with Crippen LogP contribution in [0.4, 0.5) is 4.79 Å². The molecule has 134 valence electrons. The predicted molar refractivity (Wildman–Crippen MR) is 91.8 cm³/mol. The zero-order chi connectivity index (χ0) is 16.6. The van der Waals surface area contributed by atoms with Gasteiger partial charge in [-0.25, -0.2) is 4.79 Å². The molecule has 3 heterocycles. The van der Waals surface area contributed by atoms with Gasteiger partial charge in [-0.1, -0.05) is 6.42 Å². The topological polar surface area (TPSA) is 58.0 Å². The molecular weight excluding hydrogens is 306 g/mol. The second-order valence-corrected chi connectivity index (χ2v) is 6.68. The summed E-state index contributed by atoms with van der Waals surface area (Å²) in [6.45, 7) is 6.01. The van der Waals surface area contributed by atoms with Gasteiger partial charge in [0, 0.05) is 32.3 Å². The summed E-state index contributed by atoms with van der Waals surface area (Å²) in [5, 5.41) is 3.00. The summed E-state index contributed by atoms with van der Waals surface area (Å²) in [5.41, 5.74) is 0. The summed E-state index contributed by atoms with van der Waals surface area (Å²) in [6, 6.07) is 4.01. The van der Waals surface area contributed by atoms with Crippen molar-refractivity contribution in [1.82, 2.24) is 15.1 Å². The summed E-state index contributed by atoms with van der Waals surface area (Å²) < 4.78 is 10.8. The normalized spacial score (nSPS) is 20.0. The van der Waals surface area contributed by atoms with Gasteiger partial charge in [-0.05, 0) is 50.9 Å². The number of carbonyl (C=O) groups excluding carboxylic acids is 1. The molecule has 2 aliphatic heterocycles. The van der Waals surface area contributed by atoms with Gasteiger partial charge in [0.15, 0.2) is 0 Å². The van der Waals surface area contributed by atoms with E-state index in [1.54, 1.807) is 6.26 Å². The van der Waals surface area contributed by atoms with Gasteiger partial charge in [-0.3, -0.25) is 0 Å². The molecule has 0 saturated carbocycles. The Hall–Kier alpha value is -1.53. The van der Waals surface area contributed by atoms with Crippen molar-refractivity contribution in [3.63, 3.8) is 0 Å². The highest BCUT2D eigenvalue weighted by Gasteiger charge is 2.26. The van der Waals surface area contributed by atoms with Crippen molar-refractivity contribution in [2.24, 2.45) is 0 Å². The molecule has 0 spiro atoms. The summed E-state index contributed by atoms with van der Waals surface area (Å²) in [6.07, 6.45) is 7.38. The highest BCUT2D eigenvalue weighted by atomic mass is 16.5. The van der Waals surface area contributed by atoms with Crippen LogP contribution in [0.3, 0.4) is 0 Å². The number of amides is 2. The molecular formula is C18H29N3O3. The Balaban J connectivity index is 1.54. The number of nitrogens with zero attached hydrogens (tertiary/aromatic N) is 2. The molecule has 24 heavy (non-hydrogen) atoms. The van der Waals surface area contributed by atoms with Gasteiger partial charge >= 0.3 is 6.03 Å². The standard InChI is InChI=1S/C18H29N3O3/c22-18(19-15-17-5-4-12-24-17)21(16-6-13-23-14-7-16)11-10-20-8-2-1-3-9-20/h4-5,12,16H,1-3,6-11,13-15H2,(H,19,22). The van der Waals surface area contributed by atoms with E-state index >= 15 is 0 Å². The summed E-state index contributed by atoms with van der Waals surface area (Å²) in [4.78, 5) is 17.2. The fourth-order valence-corrected chi connectivity index (χ4v) is 3.56. The Morgan fingerprint density at radius 2 is 2.04 bits per heavy atom. The van der Waals surface area contributed by atoms with Crippen molar-refractivity contribution in [3.8, 4) is 0 Å². The van der Waals surface area contributed by atoms with Gasteiger partial charge < -0.3 is 24.3 Å². The lowest BCUT2D eigenvalue weighted by Crippen LogP contribution is -2.51. The van der Waals surface area contributed by atoms with Crippen LogP contribution in [0.15, 0.2) is 22.8 Å². The lowest BCUT2D eigenvalue weighted by Gasteiger charge is -2.36. The molecule has 6 heteroatoms. The average molecular weight is 335 g/mol. The van der Waals surface area contributed by atoms with E-state index in [-0.39, 0.29) is 12.1 Å². The number of hydrogen-bond acceptors (Lipinski definition) is 4. The van der Waals surface area contributed by atoms with Crippen LogP contribution in [0.5, 0.6) is 0 Å². The first kappa shape index (κ1) is 17.3. The van der Waals surface area contributed by atoms with E-state index in [2.05, 4.69) is 10.2 Å². The lowest BCUT2D eigenvalue weighted by molar-refractivity contribution is 0.0423. The van der Waals surface area contributed by atoms with E-state index in [4.69, 9.17) is 9.15 Å². The zero-order valence-electron chi connectivity index (χ0n) is 14.4. The smallest absolute Gasteiger partial charge is 0.318 e. The molecule has 2 saturated heterocycles. The number of carbonyl (C=O) groups is 1. The molecule has 0 atom stereocenters. The van der Waals surface area contributed by atoms with Crippen molar-refractivity contribution in [2.75, 3.05) is 39.4 Å². The van der Waals surface area contributed by atoms with Crippen LogP contribution < -0.4 is 5.32 Å². The zero-order valence-corrected chi connectivity index (χ0v) is 14.4. The number of nitrogens with one attached hydrogen (secondary N) is 1. The van der Waals surface area contributed by atoms with E-state index in [1.165, 1.54) is 19.3 Å². The van der Waals surface area contributed by atoms with Crippen LogP contribution in [-0.2, 0) is 11.3 Å². The van der Waals surface area contributed by atoms with Gasteiger partial charge in [0.25, 0.3) is 0 Å². The number of hydrogen-bond donors (Lipinski definition) is 1. The number of likely N-dealkylation sites (tertiary alicyclic amines) is 1. The lowest BCUT2D eigenvalue weighted by atomic mass is 10.1. The summed E-state index contributed by atoms with van der Waals surface area (Å²) in [5.74, 6) is 0.784. The monoisotopic (exact) mass is 335 g/mol. The molecule has 0 radical (unpaired) electrons. The van der Waals surface area contributed by atoms with Crippen molar-refractivity contribution >= 4 is 6.03 Å². The van der Waals surface area contributed by atoms with Gasteiger partial charge in [0.05, 0.1) is 12.8 Å². The quantitative estimate of drug-likeness (QED) is 0.867. The Bertz CT molecular complexity index is 480. The molecule has 2 amide bonds.